The minimum atomic E-state index is -0.738. The van der Waals surface area contributed by atoms with E-state index < -0.39 is 23.5 Å². The first-order valence-corrected chi connectivity index (χ1v) is 13.6. The average molecular weight is 514 g/mol. The molecule has 3 N–H and O–H groups in total. The third kappa shape index (κ3) is 7.08. The van der Waals surface area contributed by atoms with E-state index in [2.05, 4.69) is 4.98 Å². The standard InChI is InChI=1S/C28H39N3O4S/c1-18-26(36-17-30-18)20-10-7-19(8-11-20)9-12-25(34)24-15-22(33)16-31(24)27(35)23(28(2,3)4)14-21(32)6-5-13-29/h7-8,10-11,17,22-24,33H,5-6,9,12-16,29H2,1-4H3/t22-,23-,24+/m1/s1. The van der Waals surface area contributed by atoms with Crippen LogP contribution in [0.2, 0.25) is 0 Å². The molecule has 0 spiro atoms. The summed E-state index contributed by atoms with van der Waals surface area (Å²) >= 11 is 1.60. The van der Waals surface area contributed by atoms with Crippen molar-refractivity contribution in [3.63, 3.8) is 0 Å². The van der Waals surface area contributed by atoms with Crippen molar-refractivity contribution in [1.29, 1.82) is 0 Å². The van der Waals surface area contributed by atoms with Crippen LogP contribution in [0.1, 0.15) is 64.1 Å². The number of aliphatic hydroxyl groups excluding tert-OH is 1. The van der Waals surface area contributed by atoms with Gasteiger partial charge in [0.2, 0.25) is 5.91 Å². The largest absolute Gasteiger partial charge is 0.391 e. The monoisotopic (exact) mass is 513 g/mol. The van der Waals surface area contributed by atoms with Gasteiger partial charge in [0.1, 0.15) is 5.78 Å². The molecular formula is C28H39N3O4S. The number of nitrogens with zero attached hydrogens (tertiary/aromatic N) is 2. The van der Waals surface area contributed by atoms with Crippen molar-refractivity contribution in [2.24, 2.45) is 17.1 Å². The van der Waals surface area contributed by atoms with Gasteiger partial charge in [-0.3, -0.25) is 14.4 Å². The molecule has 1 aromatic carbocycles. The number of rotatable bonds is 11. The fourth-order valence-electron chi connectivity index (χ4n) is 4.79. The number of thiazole rings is 1. The molecule has 7 nitrogen and oxygen atoms in total. The van der Waals surface area contributed by atoms with Gasteiger partial charge >= 0.3 is 0 Å². The smallest absolute Gasteiger partial charge is 0.227 e. The van der Waals surface area contributed by atoms with Gasteiger partial charge in [-0.25, -0.2) is 4.98 Å². The predicted octanol–water partition coefficient (Wildman–Crippen LogP) is 3.94. The number of aliphatic hydroxyl groups is 1. The molecule has 0 unspecified atom stereocenters. The summed E-state index contributed by atoms with van der Waals surface area (Å²) in [5, 5.41) is 10.3. The average Bonchev–Trinajstić information content (AvgIpc) is 3.44. The minimum Gasteiger partial charge on any atom is -0.391 e. The summed E-state index contributed by atoms with van der Waals surface area (Å²) in [6, 6.07) is 7.49. The third-order valence-electron chi connectivity index (χ3n) is 6.99. The fourth-order valence-corrected chi connectivity index (χ4v) is 5.60. The third-order valence-corrected chi connectivity index (χ3v) is 7.97. The predicted molar refractivity (Wildman–Crippen MR) is 143 cm³/mol. The molecule has 0 aliphatic carbocycles. The SMILES string of the molecule is Cc1ncsc1-c1ccc(CCC(=O)[C@@H]2C[C@@H](O)CN2C(=O)[C@@H](CC(=O)CCCN)C(C)(C)C)cc1. The number of aryl methyl sites for hydroxylation is 2. The maximum Gasteiger partial charge on any atom is 0.227 e. The van der Waals surface area contributed by atoms with Crippen molar-refractivity contribution in [2.75, 3.05) is 13.1 Å². The summed E-state index contributed by atoms with van der Waals surface area (Å²) in [5.41, 5.74) is 10.1. The molecule has 3 atom stereocenters. The van der Waals surface area contributed by atoms with Crippen LogP contribution in [0.25, 0.3) is 10.4 Å². The minimum absolute atomic E-state index is 0.00770. The van der Waals surface area contributed by atoms with E-state index in [1.807, 2.05) is 57.5 Å². The Morgan fingerprint density at radius 2 is 1.89 bits per heavy atom. The number of hydrogen-bond donors (Lipinski definition) is 2. The maximum absolute atomic E-state index is 13.6. The van der Waals surface area contributed by atoms with Crippen LogP contribution in [-0.2, 0) is 20.8 Å². The number of β-amino-alcohol motifs (C(OH)–C–C–N with tert-alkyl or cyclic N) is 1. The van der Waals surface area contributed by atoms with Gasteiger partial charge in [-0.2, -0.15) is 0 Å². The molecule has 1 aliphatic rings. The Kier molecular flexibility index (Phi) is 9.55. The van der Waals surface area contributed by atoms with Gasteiger partial charge in [-0.1, -0.05) is 45.0 Å². The molecule has 0 saturated carbocycles. The van der Waals surface area contributed by atoms with Crippen molar-refractivity contribution in [2.45, 2.75) is 78.4 Å². The number of ketones is 2. The van der Waals surface area contributed by atoms with Crippen LogP contribution in [0.3, 0.4) is 0 Å². The molecular weight excluding hydrogens is 474 g/mol. The van der Waals surface area contributed by atoms with Crippen LogP contribution in [0.5, 0.6) is 0 Å². The van der Waals surface area contributed by atoms with Crippen LogP contribution in [0.15, 0.2) is 29.8 Å². The number of aromatic nitrogens is 1. The number of benzene rings is 1. The first-order valence-electron chi connectivity index (χ1n) is 12.7. The maximum atomic E-state index is 13.6. The van der Waals surface area contributed by atoms with E-state index in [4.69, 9.17) is 5.73 Å². The lowest BCUT2D eigenvalue weighted by Crippen LogP contribution is -2.47. The van der Waals surface area contributed by atoms with Gasteiger partial charge in [-0.15, -0.1) is 11.3 Å². The number of carbonyl (C=O) groups is 3. The second-order valence-corrected chi connectivity index (χ2v) is 11.7. The fraction of sp³-hybridized carbons (Fsp3) is 0.571. The van der Waals surface area contributed by atoms with Crippen LogP contribution in [0.4, 0.5) is 0 Å². The van der Waals surface area contributed by atoms with Crippen molar-refractivity contribution >= 4 is 28.8 Å². The molecule has 1 aromatic heterocycles. The van der Waals surface area contributed by atoms with Gasteiger partial charge in [0.15, 0.2) is 5.78 Å². The van der Waals surface area contributed by atoms with Crippen molar-refractivity contribution in [1.82, 2.24) is 9.88 Å². The van der Waals surface area contributed by atoms with Crippen molar-refractivity contribution < 1.29 is 19.5 Å². The Balaban J connectivity index is 1.66. The van der Waals surface area contributed by atoms with Gasteiger partial charge in [-0.05, 0) is 42.9 Å². The molecule has 2 aromatic rings. The highest BCUT2D eigenvalue weighted by Gasteiger charge is 2.43. The number of hydrogen-bond acceptors (Lipinski definition) is 7. The summed E-state index contributed by atoms with van der Waals surface area (Å²) in [6.07, 6.45) is 1.43. The van der Waals surface area contributed by atoms with Crippen LogP contribution in [-0.4, -0.2) is 57.7 Å². The highest BCUT2D eigenvalue weighted by atomic mass is 32.1. The Bertz CT molecular complexity index is 1060. The van der Waals surface area contributed by atoms with E-state index in [0.717, 1.165) is 21.7 Å². The lowest BCUT2D eigenvalue weighted by molar-refractivity contribution is -0.145. The first-order chi connectivity index (χ1) is 17.0. The van der Waals surface area contributed by atoms with Gasteiger partial charge in [0, 0.05) is 38.1 Å². The molecule has 0 bridgehead atoms. The van der Waals surface area contributed by atoms with E-state index in [9.17, 15) is 19.5 Å². The highest BCUT2D eigenvalue weighted by Crippen LogP contribution is 2.34. The molecule has 1 fully saturated rings. The Morgan fingerprint density at radius 1 is 1.19 bits per heavy atom. The lowest BCUT2D eigenvalue weighted by Gasteiger charge is -2.34. The van der Waals surface area contributed by atoms with Crippen molar-refractivity contribution in [3.05, 3.63) is 41.0 Å². The second kappa shape index (κ2) is 12.2. The number of Topliss-reactive ketones (excluding diaryl/α,β-unsaturated/α-hetero) is 2. The molecule has 8 heteroatoms. The topological polar surface area (TPSA) is 114 Å². The van der Waals surface area contributed by atoms with Crippen LogP contribution < -0.4 is 5.73 Å². The van der Waals surface area contributed by atoms with Crippen LogP contribution in [0, 0.1) is 18.3 Å². The molecule has 36 heavy (non-hydrogen) atoms. The normalized spacial score (nSPS) is 18.9. The zero-order valence-electron chi connectivity index (χ0n) is 21.8. The van der Waals surface area contributed by atoms with E-state index >= 15 is 0 Å². The summed E-state index contributed by atoms with van der Waals surface area (Å²) in [7, 11) is 0. The number of likely N-dealkylation sites (tertiary alicyclic amines) is 1. The molecule has 2 heterocycles. The van der Waals surface area contributed by atoms with E-state index in [1.54, 1.807) is 11.3 Å². The van der Waals surface area contributed by atoms with Gasteiger partial charge in [0.05, 0.1) is 28.2 Å². The zero-order chi connectivity index (χ0) is 26.5. The molecule has 3 rings (SSSR count). The van der Waals surface area contributed by atoms with Crippen molar-refractivity contribution in [3.8, 4) is 10.4 Å². The molecule has 1 saturated heterocycles. The quantitative estimate of drug-likeness (QED) is 0.470. The molecule has 1 aliphatic heterocycles. The van der Waals surface area contributed by atoms with E-state index in [1.165, 1.54) is 4.90 Å². The van der Waals surface area contributed by atoms with E-state index in [0.29, 0.717) is 25.8 Å². The summed E-state index contributed by atoms with van der Waals surface area (Å²) in [5.74, 6) is -0.813. The number of carbonyl (C=O) groups excluding carboxylic acids is 3. The first kappa shape index (κ1) is 28.2. The Labute approximate surface area is 218 Å². The second-order valence-electron chi connectivity index (χ2n) is 10.9. The highest BCUT2D eigenvalue weighted by molar-refractivity contribution is 7.13. The number of amides is 1. The molecule has 1 amide bonds. The molecule has 196 valence electrons. The summed E-state index contributed by atoms with van der Waals surface area (Å²) in [6.45, 7) is 8.36. The van der Waals surface area contributed by atoms with Gasteiger partial charge < -0.3 is 15.7 Å². The lowest BCUT2D eigenvalue weighted by atomic mass is 9.76. The Hall–Kier alpha value is -2.42. The summed E-state index contributed by atoms with van der Waals surface area (Å²) in [4.78, 5) is 46.3. The Morgan fingerprint density at radius 3 is 2.47 bits per heavy atom. The number of nitrogens with two attached hydrogens (primary N) is 1. The zero-order valence-corrected chi connectivity index (χ0v) is 22.6. The molecule has 0 radical (unpaired) electrons. The van der Waals surface area contributed by atoms with Crippen LogP contribution >= 0.6 is 11.3 Å². The van der Waals surface area contributed by atoms with Gasteiger partial charge in [0.25, 0.3) is 0 Å². The van der Waals surface area contributed by atoms with E-state index in [-0.39, 0.29) is 43.3 Å². The summed E-state index contributed by atoms with van der Waals surface area (Å²) < 4.78 is 0.